The van der Waals surface area contributed by atoms with Gasteiger partial charge in [-0.1, -0.05) is 30.3 Å². The summed E-state index contributed by atoms with van der Waals surface area (Å²) in [6.07, 6.45) is 4.47. The van der Waals surface area contributed by atoms with Crippen molar-refractivity contribution in [3.63, 3.8) is 0 Å². The smallest absolute Gasteiger partial charge is 0.272 e. The van der Waals surface area contributed by atoms with Gasteiger partial charge in [0, 0.05) is 18.5 Å². The highest BCUT2D eigenvalue weighted by Gasteiger charge is 2.47. The first-order chi connectivity index (χ1) is 14.1. The van der Waals surface area contributed by atoms with E-state index in [9.17, 15) is 9.90 Å². The second-order valence-electron chi connectivity index (χ2n) is 8.05. The zero-order chi connectivity index (χ0) is 19.8. The molecule has 0 bridgehead atoms. The number of nitrogens with zero attached hydrogens (tertiary/aromatic N) is 4. The molecule has 2 aliphatic heterocycles. The van der Waals surface area contributed by atoms with E-state index >= 15 is 0 Å². The average Bonchev–Trinajstić information content (AvgIpc) is 3.45. The molecule has 0 unspecified atom stereocenters. The van der Waals surface area contributed by atoms with E-state index in [1.54, 1.807) is 12.3 Å². The number of hydrogen-bond acceptors (Lipinski definition) is 5. The highest BCUT2D eigenvalue weighted by Crippen LogP contribution is 2.37. The van der Waals surface area contributed by atoms with Crippen molar-refractivity contribution in [1.29, 1.82) is 0 Å². The Morgan fingerprint density at radius 2 is 1.90 bits per heavy atom. The number of benzene rings is 1. The summed E-state index contributed by atoms with van der Waals surface area (Å²) in [6, 6.07) is 13.4. The summed E-state index contributed by atoms with van der Waals surface area (Å²) >= 11 is 0. The van der Waals surface area contributed by atoms with E-state index in [1.807, 2.05) is 41.3 Å². The van der Waals surface area contributed by atoms with Crippen LogP contribution in [0, 0.1) is 0 Å². The van der Waals surface area contributed by atoms with Crippen LogP contribution in [0.5, 0.6) is 0 Å². The number of rotatable bonds is 3. The van der Waals surface area contributed by atoms with E-state index in [2.05, 4.69) is 20.1 Å². The number of amides is 1. The van der Waals surface area contributed by atoms with E-state index in [0.717, 1.165) is 36.9 Å². The SMILES string of the molecule is O=C(c1ccc2cn[nH]c2n1)N1CC[C@](O)(c2ccccc2)[C@H](N2CCCC2)C1. The first kappa shape index (κ1) is 18.3. The maximum Gasteiger partial charge on any atom is 0.272 e. The maximum absolute atomic E-state index is 13.2. The molecule has 2 fully saturated rings. The van der Waals surface area contributed by atoms with Gasteiger partial charge in [0.1, 0.15) is 11.3 Å². The lowest BCUT2D eigenvalue weighted by Gasteiger charge is -2.48. The van der Waals surface area contributed by atoms with Gasteiger partial charge in [-0.05, 0) is 50.0 Å². The number of nitrogens with one attached hydrogen (secondary N) is 1. The van der Waals surface area contributed by atoms with Gasteiger partial charge in [0.2, 0.25) is 0 Å². The molecule has 3 aromatic rings. The Labute approximate surface area is 169 Å². The van der Waals surface area contributed by atoms with E-state index < -0.39 is 5.60 Å². The van der Waals surface area contributed by atoms with Crippen molar-refractivity contribution in [1.82, 2.24) is 25.0 Å². The van der Waals surface area contributed by atoms with Gasteiger partial charge in [0.25, 0.3) is 5.91 Å². The van der Waals surface area contributed by atoms with Crippen molar-refractivity contribution in [2.45, 2.75) is 30.9 Å². The zero-order valence-corrected chi connectivity index (χ0v) is 16.3. The molecule has 7 heteroatoms. The molecule has 0 saturated carbocycles. The van der Waals surface area contributed by atoms with Gasteiger partial charge in [-0.3, -0.25) is 14.8 Å². The molecule has 2 N–H and O–H groups in total. The van der Waals surface area contributed by atoms with Crippen LogP contribution >= 0.6 is 0 Å². The Kier molecular flexibility index (Phi) is 4.56. The summed E-state index contributed by atoms with van der Waals surface area (Å²) in [4.78, 5) is 21.8. The molecule has 7 nitrogen and oxygen atoms in total. The van der Waals surface area contributed by atoms with Crippen LogP contribution in [0.15, 0.2) is 48.7 Å². The van der Waals surface area contributed by atoms with Crippen LogP contribution in [0.3, 0.4) is 0 Å². The first-order valence-electron chi connectivity index (χ1n) is 10.3. The summed E-state index contributed by atoms with van der Waals surface area (Å²) in [5.41, 5.74) is 1.00. The molecule has 5 rings (SSSR count). The molecule has 2 aliphatic rings. The minimum Gasteiger partial charge on any atom is -0.383 e. The van der Waals surface area contributed by atoms with Crippen LogP contribution in [0.25, 0.3) is 11.0 Å². The Hall–Kier alpha value is -2.77. The third-order valence-electron chi connectivity index (χ3n) is 6.37. The van der Waals surface area contributed by atoms with Crippen molar-refractivity contribution >= 4 is 16.9 Å². The van der Waals surface area contributed by atoms with Crippen LogP contribution in [-0.2, 0) is 5.60 Å². The number of hydrogen-bond donors (Lipinski definition) is 2. The maximum atomic E-state index is 13.2. The fraction of sp³-hybridized carbons (Fsp3) is 0.409. The van der Waals surface area contributed by atoms with E-state index in [0.29, 0.717) is 30.9 Å². The number of H-pyrrole nitrogens is 1. The Balaban J connectivity index is 1.44. The Morgan fingerprint density at radius 1 is 1.10 bits per heavy atom. The van der Waals surface area contributed by atoms with Gasteiger partial charge < -0.3 is 10.0 Å². The van der Waals surface area contributed by atoms with Gasteiger partial charge in [0.05, 0.1) is 12.2 Å². The summed E-state index contributed by atoms with van der Waals surface area (Å²) in [5, 5.41) is 19.4. The van der Waals surface area contributed by atoms with Crippen molar-refractivity contribution in [3.05, 3.63) is 59.9 Å². The lowest BCUT2D eigenvalue weighted by molar-refractivity contribution is -0.0878. The highest BCUT2D eigenvalue weighted by molar-refractivity contribution is 5.94. The third kappa shape index (κ3) is 3.20. The minimum absolute atomic E-state index is 0.0965. The Bertz CT molecular complexity index is 1010. The molecule has 29 heavy (non-hydrogen) atoms. The topological polar surface area (TPSA) is 85.3 Å². The molecular weight excluding hydrogens is 366 g/mol. The van der Waals surface area contributed by atoms with Gasteiger partial charge in [-0.25, -0.2) is 4.98 Å². The predicted octanol–water partition coefficient (Wildman–Crippen LogP) is 2.16. The minimum atomic E-state index is -0.955. The van der Waals surface area contributed by atoms with Crippen molar-refractivity contribution in [2.24, 2.45) is 0 Å². The normalized spacial score (nSPS) is 25.6. The molecule has 4 heterocycles. The molecule has 2 atom stereocenters. The number of carbonyl (C=O) groups is 1. The number of pyridine rings is 1. The molecule has 1 aromatic carbocycles. The summed E-state index contributed by atoms with van der Waals surface area (Å²) in [7, 11) is 0. The quantitative estimate of drug-likeness (QED) is 0.715. The highest BCUT2D eigenvalue weighted by atomic mass is 16.3. The number of carbonyl (C=O) groups excluding carboxylic acids is 1. The summed E-state index contributed by atoms with van der Waals surface area (Å²) in [5.74, 6) is -0.0965. The zero-order valence-electron chi connectivity index (χ0n) is 16.3. The molecule has 0 radical (unpaired) electrons. The third-order valence-corrected chi connectivity index (χ3v) is 6.37. The van der Waals surface area contributed by atoms with Crippen LogP contribution in [0.2, 0.25) is 0 Å². The number of fused-ring (bicyclic) bond motifs is 1. The summed E-state index contributed by atoms with van der Waals surface area (Å²) < 4.78 is 0. The molecule has 0 spiro atoms. The molecule has 0 aliphatic carbocycles. The lowest BCUT2D eigenvalue weighted by atomic mass is 9.79. The van der Waals surface area contributed by atoms with Gasteiger partial charge in [-0.15, -0.1) is 0 Å². The van der Waals surface area contributed by atoms with Gasteiger partial charge in [0.15, 0.2) is 5.65 Å². The molecule has 1 amide bonds. The van der Waals surface area contributed by atoms with Crippen molar-refractivity contribution in [2.75, 3.05) is 26.2 Å². The number of likely N-dealkylation sites (tertiary alicyclic amines) is 2. The number of aromatic nitrogens is 3. The lowest BCUT2D eigenvalue weighted by Crippen LogP contribution is -2.61. The van der Waals surface area contributed by atoms with Crippen LogP contribution in [0.4, 0.5) is 0 Å². The van der Waals surface area contributed by atoms with Crippen molar-refractivity contribution in [3.8, 4) is 0 Å². The monoisotopic (exact) mass is 391 g/mol. The molecule has 150 valence electrons. The fourth-order valence-corrected chi connectivity index (χ4v) is 4.75. The van der Waals surface area contributed by atoms with Gasteiger partial charge >= 0.3 is 0 Å². The predicted molar refractivity (Wildman–Crippen MR) is 109 cm³/mol. The number of aromatic amines is 1. The van der Waals surface area contributed by atoms with E-state index in [4.69, 9.17) is 0 Å². The summed E-state index contributed by atoms with van der Waals surface area (Å²) in [6.45, 7) is 2.91. The molecule has 2 aromatic heterocycles. The molecular formula is C22H25N5O2. The largest absolute Gasteiger partial charge is 0.383 e. The van der Waals surface area contributed by atoms with Crippen LogP contribution < -0.4 is 0 Å². The van der Waals surface area contributed by atoms with Crippen LogP contribution in [0.1, 0.15) is 35.3 Å². The van der Waals surface area contributed by atoms with Crippen LogP contribution in [-0.4, -0.2) is 68.2 Å². The average molecular weight is 391 g/mol. The second-order valence-corrected chi connectivity index (χ2v) is 8.05. The van der Waals surface area contributed by atoms with Gasteiger partial charge in [-0.2, -0.15) is 5.10 Å². The standard InChI is InChI=1S/C22H25N5O2/c28-21(18-9-8-16-14-23-25-20(16)24-18)27-13-10-22(29,17-6-2-1-3-7-17)19(15-27)26-11-4-5-12-26/h1-3,6-9,14,19,29H,4-5,10-13,15H2,(H,23,24,25)/t19-,22+/m1/s1. The number of aliphatic hydroxyl groups is 1. The first-order valence-corrected chi connectivity index (χ1v) is 10.3. The van der Waals surface area contributed by atoms with Crippen molar-refractivity contribution < 1.29 is 9.90 Å². The van der Waals surface area contributed by atoms with E-state index in [1.165, 1.54) is 0 Å². The van der Waals surface area contributed by atoms with E-state index in [-0.39, 0.29) is 11.9 Å². The fourth-order valence-electron chi connectivity index (χ4n) is 4.75. The number of piperidine rings is 1. The molecule has 2 saturated heterocycles. The second kappa shape index (κ2) is 7.24. The Morgan fingerprint density at radius 3 is 2.69 bits per heavy atom.